The molecule has 0 bridgehead atoms. The molecule has 1 aliphatic rings. The predicted octanol–water partition coefficient (Wildman–Crippen LogP) is 3.76. The molecule has 1 unspecified atom stereocenters. The normalized spacial score (nSPS) is 17.1. The lowest BCUT2D eigenvalue weighted by atomic mass is 10.0. The second kappa shape index (κ2) is 8.75. The van der Waals surface area contributed by atoms with Crippen molar-refractivity contribution in [1.29, 1.82) is 0 Å². The zero-order valence-corrected chi connectivity index (χ0v) is 16.8. The highest BCUT2D eigenvalue weighted by Crippen LogP contribution is 2.26. The minimum atomic E-state index is -0.741. The van der Waals surface area contributed by atoms with Gasteiger partial charge < -0.3 is 5.32 Å². The van der Waals surface area contributed by atoms with Crippen molar-refractivity contribution < 1.29 is 13.6 Å². The van der Waals surface area contributed by atoms with Crippen LogP contribution in [0, 0.1) is 11.6 Å². The van der Waals surface area contributed by atoms with E-state index < -0.39 is 11.6 Å². The summed E-state index contributed by atoms with van der Waals surface area (Å²) < 4.78 is 29.0. The first-order chi connectivity index (χ1) is 14.5. The Morgan fingerprint density at radius 1 is 1.20 bits per heavy atom. The number of nitrogens with zero attached hydrogens (tertiary/aromatic N) is 3. The van der Waals surface area contributed by atoms with Gasteiger partial charge in [0, 0.05) is 44.0 Å². The van der Waals surface area contributed by atoms with Gasteiger partial charge in [-0.25, -0.2) is 8.78 Å². The van der Waals surface area contributed by atoms with Crippen molar-refractivity contribution in [1.82, 2.24) is 20.0 Å². The lowest BCUT2D eigenvalue weighted by molar-refractivity contribution is 0.0901. The van der Waals surface area contributed by atoms with Crippen LogP contribution in [0.3, 0.4) is 0 Å². The van der Waals surface area contributed by atoms with Crippen LogP contribution < -0.4 is 5.32 Å². The van der Waals surface area contributed by atoms with Crippen LogP contribution in [0.15, 0.2) is 54.7 Å². The molecule has 1 N–H and O–H groups in total. The largest absolute Gasteiger partial charge is 0.348 e. The fraction of sp³-hybridized carbons (Fsp3) is 0.304. The Bertz CT molecular complexity index is 1030. The Balaban J connectivity index is 1.47. The van der Waals surface area contributed by atoms with Crippen molar-refractivity contribution in [3.63, 3.8) is 0 Å². The van der Waals surface area contributed by atoms with Gasteiger partial charge in [0.25, 0.3) is 5.91 Å². The maximum Gasteiger partial charge on any atom is 0.255 e. The van der Waals surface area contributed by atoms with Gasteiger partial charge in [-0.1, -0.05) is 30.3 Å². The van der Waals surface area contributed by atoms with Gasteiger partial charge in [-0.15, -0.1) is 0 Å². The Morgan fingerprint density at radius 2 is 2.00 bits per heavy atom. The van der Waals surface area contributed by atoms with E-state index in [-0.39, 0.29) is 28.8 Å². The summed E-state index contributed by atoms with van der Waals surface area (Å²) in [6, 6.07) is 13.5. The highest BCUT2D eigenvalue weighted by atomic mass is 19.1. The molecular weight excluding hydrogens is 386 g/mol. The summed E-state index contributed by atoms with van der Waals surface area (Å²) in [6.45, 7) is 2.58. The zero-order chi connectivity index (χ0) is 21.1. The molecule has 0 radical (unpaired) electrons. The molecule has 2 aromatic carbocycles. The van der Waals surface area contributed by atoms with E-state index in [9.17, 15) is 13.6 Å². The second-order valence-corrected chi connectivity index (χ2v) is 7.72. The van der Waals surface area contributed by atoms with E-state index in [1.54, 1.807) is 13.2 Å². The summed E-state index contributed by atoms with van der Waals surface area (Å²) in [5.41, 5.74) is 1.84. The number of carbonyl (C=O) groups excluding carboxylic acids is 1. The average molecular weight is 410 g/mol. The lowest BCUT2D eigenvalue weighted by Gasteiger charge is -2.33. The molecule has 156 valence electrons. The average Bonchev–Trinajstić information content (AvgIpc) is 3.10. The standard InChI is InChI=1S/C23H24F2N4O/c1-28-15-20(22(27-28)19-10-9-17(24)12-21(19)25)23(30)26-18-8-5-11-29(14-18)13-16-6-3-2-4-7-16/h2-4,6-7,9-10,12,15,18H,5,8,11,13-14H2,1H3,(H,26,30). The van der Waals surface area contributed by atoms with Gasteiger partial charge in [-0.3, -0.25) is 14.4 Å². The van der Waals surface area contributed by atoms with Crippen molar-refractivity contribution >= 4 is 5.91 Å². The van der Waals surface area contributed by atoms with E-state index >= 15 is 0 Å². The summed E-state index contributed by atoms with van der Waals surface area (Å²) >= 11 is 0. The van der Waals surface area contributed by atoms with E-state index in [2.05, 4.69) is 27.4 Å². The molecule has 30 heavy (non-hydrogen) atoms. The minimum absolute atomic E-state index is 0.00100. The van der Waals surface area contributed by atoms with E-state index in [0.29, 0.717) is 0 Å². The SMILES string of the molecule is Cn1cc(C(=O)NC2CCCN(Cc3ccccc3)C2)c(-c2ccc(F)cc2F)n1. The van der Waals surface area contributed by atoms with E-state index in [1.165, 1.54) is 16.3 Å². The molecule has 2 heterocycles. The number of piperidine rings is 1. The third-order valence-electron chi connectivity index (χ3n) is 5.35. The number of benzene rings is 2. The molecule has 1 saturated heterocycles. The fourth-order valence-corrected chi connectivity index (χ4v) is 3.96. The van der Waals surface area contributed by atoms with Gasteiger partial charge in [-0.05, 0) is 37.1 Å². The first-order valence-electron chi connectivity index (χ1n) is 10.1. The van der Waals surface area contributed by atoms with Crippen LogP contribution in [0.2, 0.25) is 0 Å². The van der Waals surface area contributed by atoms with Crippen LogP contribution in [-0.2, 0) is 13.6 Å². The van der Waals surface area contributed by atoms with Gasteiger partial charge in [0.1, 0.15) is 17.3 Å². The van der Waals surface area contributed by atoms with Crippen molar-refractivity contribution in [2.24, 2.45) is 7.05 Å². The Hall–Kier alpha value is -3.06. The molecule has 1 aliphatic heterocycles. The Morgan fingerprint density at radius 3 is 2.77 bits per heavy atom. The van der Waals surface area contributed by atoms with Crippen LogP contribution in [0.5, 0.6) is 0 Å². The summed E-state index contributed by atoms with van der Waals surface area (Å²) in [6.07, 6.45) is 3.44. The molecule has 7 heteroatoms. The number of aromatic nitrogens is 2. The van der Waals surface area contributed by atoms with Crippen LogP contribution in [-0.4, -0.2) is 39.7 Å². The molecule has 0 aliphatic carbocycles. The summed E-state index contributed by atoms with van der Waals surface area (Å²) in [5.74, 6) is -1.71. The number of halogens is 2. The van der Waals surface area contributed by atoms with Gasteiger partial charge in [-0.2, -0.15) is 5.10 Å². The van der Waals surface area contributed by atoms with E-state index in [1.807, 2.05) is 18.2 Å². The number of likely N-dealkylation sites (tertiary alicyclic amines) is 1. The van der Waals surface area contributed by atoms with Gasteiger partial charge in [0.05, 0.1) is 5.56 Å². The highest BCUT2D eigenvalue weighted by Gasteiger charge is 2.25. The molecule has 1 amide bonds. The maximum atomic E-state index is 14.3. The van der Waals surface area contributed by atoms with E-state index in [0.717, 1.165) is 44.6 Å². The number of aryl methyl sites for hydroxylation is 1. The quantitative estimate of drug-likeness (QED) is 0.697. The topological polar surface area (TPSA) is 50.2 Å². The second-order valence-electron chi connectivity index (χ2n) is 7.72. The van der Waals surface area contributed by atoms with Crippen LogP contribution in [0.4, 0.5) is 8.78 Å². The molecule has 1 aromatic heterocycles. The van der Waals surface area contributed by atoms with Crippen molar-refractivity contribution in [3.8, 4) is 11.3 Å². The number of rotatable bonds is 5. The molecule has 5 nitrogen and oxygen atoms in total. The van der Waals surface area contributed by atoms with Gasteiger partial charge in [0.15, 0.2) is 0 Å². The Labute approximate surface area is 174 Å². The molecule has 1 atom stereocenters. The fourth-order valence-electron chi connectivity index (χ4n) is 3.96. The molecule has 3 aromatic rings. The molecular formula is C23H24F2N4O. The number of hydrogen-bond donors (Lipinski definition) is 1. The third-order valence-corrected chi connectivity index (χ3v) is 5.35. The minimum Gasteiger partial charge on any atom is -0.348 e. The predicted molar refractivity (Wildman–Crippen MR) is 111 cm³/mol. The molecule has 4 rings (SSSR count). The van der Waals surface area contributed by atoms with Crippen molar-refractivity contribution in [2.45, 2.75) is 25.4 Å². The van der Waals surface area contributed by atoms with E-state index in [4.69, 9.17) is 0 Å². The number of carbonyl (C=O) groups is 1. The summed E-state index contributed by atoms with van der Waals surface area (Å²) in [4.78, 5) is 15.3. The molecule has 0 spiro atoms. The van der Waals surface area contributed by atoms with Crippen molar-refractivity contribution in [2.75, 3.05) is 13.1 Å². The van der Waals surface area contributed by atoms with Gasteiger partial charge in [0.2, 0.25) is 0 Å². The van der Waals surface area contributed by atoms with Crippen molar-refractivity contribution in [3.05, 3.63) is 77.5 Å². The maximum absolute atomic E-state index is 14.3. The lowest BCUT2D eigenvalue weighted by Crippen LogP contribution is -2.47. The number of amides is 1. The summed E-state index contributed by atoms with van der Waals surface area (Å²) in [5, 5.41) is 7.31. The molecule has 0 saturated carbocycles. The smallest absolute Gasteiger partial charge is 0.255 e. The van der Waals surface area contributed by atoms with Crippen LogP contribution in [0.1, 0.15) is 28.8 Å². The monoisotopic (exact) mass is 410 g/mol. The first-order valence-corrected chi connectivity index (χ1v) is 10.1. The van der Waals surface area contributed by atoms with Gasteiger partial charge >= 0.3 is 0 Å². The van der Waals surface area contributed by atoms with Crippen LogP contribution >= 0.6 is 0 Å². The zero-order valence-electron chi connectivity index (χ0n) is 16.8. The first kappa shape index (κ1) is 20.2. The number of hydrogen-bond acceptors (Lipinski definition) is 3. The van der Waals surface area contributed by atoms with Crippen LogP contribution in [0.25, 0.3) is 11.3 Å². The molecule has 1 fully saturated rings. The Kier molecular flexibility index (Phi) is 5.90. The third kappa shape index (κ3) is 4.57. The highest BCUT2D eigenvalue weighted by molar-refractivity contribution is 6.00. The number of nitrogens with one attached hydrogen (secondary N) is 1. The summed E-state index contributed by atoms with van der Waals surface area (Å²) in [7, 11) is 1.67.